The van der Waals surface area contributed by atoms with E-state index in [4.69, 9.17) is 4.74 Å². The van der Waals surface area contributed by atoms with E-state index in [1.165, 1.54) is 4.31 Å². The Balaban J connectivity index is 1.74. The first kappa shape index (κ1) is 18.4. The normalized spacial score (nSPS) is 26.8. The molecule has 0 aromatic heterocycles. The SMILES string of the molecule is Cc1ccccc1S(=O)(=O)N1C[C@H]2C[C@H](C(=O)NCC(C)C)[C@@H](C1)O2. The van der Waals surface area contributed by atoms with Crippen molar-refractivity contribution >= 4 is 15.9 Å². The minimum atomic E-state index is -3.57. The van der Waals surface area contributed by atoms with Crippen LogP contribution in [0.2, 0.25) is 0 Å². The van der Waals surface area contributed by atoms with Crippen LogP contribution in [0, 0.1) is 18.8 Å². The first-order chi connectivity index (χ1) is 11.8. The fourth-order valence-corrected chi connectivity index (χ4v) is 5.23. The minimum absolute atomic E-state index is 0.0312. The first-order valence-corrected chi connectivity index (χ1v) is 10.2. The number of carbonyl (C=O) groups excluding carboxylic acids is 1. The lowest BCUT2D eigenvalue weighted by Crippen LogP contribution is -2.48. The molecule has 2 saturated heterocycles. The van der Waals surface area contributed by atoms with Crippen LogP contribution in [-0.2, 0) is 19.6 Å². The summed E-state index contributed by atoms with van der Waals surface area (Å²) in [4.78, 5) is 12.7. The molecule has 0 radical (unpaired) electrons. The van der Waals surface area contributed by atoms with Crippen LogP contribution < -0.4 is 5.32 Å². The van der Waals surface area contributed by atoms with E-state index in [2.05, 4.69) is 5.32 Å². The van der Waals surface area contributed by atoms with E-state index in [0.29, 0.717) is 30.3 Å². The van der Waals surface area contributed by atoms with Crippen molar-refractivity contribution in [1.82, 2.24) is 9.62 Å². The van der Waals surface area contributed by atoms with Gasteiger partial charge in [-0.05, 0) is 30.9 Å². The van der Waals surface area contributed by atoms with Crippen molar-refractivity contribution in [2.24, 2.45) is 11.8 Å². The molecule has 1 amide bonds. The van der Waals surface area contributed by atoms with Gasteiger partial charge in [-0.15, -0.1) is 0 Å². The van der Waals surface area contributed by atoms with Crippen molar-refractivity contribution < 1.29 is 17.9 Å². The van der Waals surface area contributed by atoms with E-state index >= 15 is 0 Å². The summed E-state index contributed by atoms with van der Waals surface area (Å²) in [7, 11) is -3.57. The van der Waals surface area contributed by atoms with Crippen molar-refractivity contribution in [3.63, 3.8) is 0 Å². The van der Waals surface area contributed by atoms with Crippen molar-refractivity contribution in [3.8, 4) is 0 Å². The van der Waals surface area contributed by atoms with Crippen LogP contribution in [0.1, 0.15) is 25.8 Å². The molecule has 2 fully saturated rings. The highest BCUT2D eigenvalue weighted by Crippen LogP contribution is 2.34. The van der Waals surface area contributed by atoms with Gasteiger partial charge in [0.15, 0.2) is 0 Å². The third kappa shape index (κ3) is 3.73. The number of rotatable bonds is 5. The number of carbonyl (C=O) groups is 1. The first-order valence-electron chi connectivity index (χ1n) is 8.78. The summed E-state index contributed by atoms with van der Waals surface area (Å²) in [6.07, 6.45) is -0.00830. The smallest absolute Gasteiger partial charge is 0.243 e. The molecule has 0 spiro atoms. The van der Waals surface area contributed by atoms with Gasteiger partial charge >= 0.3 is 0 Å². The van der Waals surface area contributed by atoms with Gasteiger partial charge in [0.2, 0.25) is 15.9 Å². The zero-order valence-corrected chi connectivity index (χ0v) is 15.8. The second-order valence-electron chi connectivity index (χ2n) is 7.37. The van der Waals surface area contributed by atoms with Gasteiger partial charge in [0, 0.05) is 19.6 Å². The van der Waals surface area contributed by atoms with Gasteiger partial charge in [0.05, 0.1) is 23.0 Å². The molecular weight excluding hydrogens is 340 g/mol. The highest BCUT2D eigenvalue weighted by molar-refractivity contribution is 7.89. The van der Waals surface area contributed by atoms with Gasteiger partial charge in [-0.25, -0.2) is 8.42 Å². The lowest BCUT2D eigenvalue weighted by molar-refractivity contribution is -0.127. The molecule has 0 saturated carbocycles. The average Bonchev–Trinajstić information content (AvgIpc) is 2.86. The number of sulfonamides is 1. The van der Waals surface area contributed by atoms with Crippen LogP contribution in [0.4, 0.5) is 0 Å². The Kier molecular flexibility index (Phi) is 5.18. The Bertz CT molecular complexity index is 747. The maximum atomic E-state index is 13.0. The minimum Gasteiger partial charge on any atom is -0.371 e. The van der Waals surface area contributed by atoms with Crippen molar-refractivity contribution in [2.75, 3.05) is 19.6 Å². The number of morpholine rings is 1. The topological polar surface area (TPSA) is 75.7 Å². The van der Waals surface area contributed by atoms with Crippen molar-refractivity contribution in [3.05, 3.63) is 29.8 Å². The van der Waals surface area contributed by atoms with Gasteiger partial charge < -0.3 is 10.1 Å². The molecule has 3 rings (SSSR count). The Morgan fingerprint density at radius 1 is 1.32 bits per heavy atom. The third-order valence-electron chi connectivity index (χ3n) is 4.86. The van der Waals surface area contributed by atoms with Crippen LogP contribution in [0.5, 0.6) is 0 Å². The van der Waals surface area contributed by atoms with Crippen LogP contribution >= 0.6 is 0 Å². The summed E-state index contributed by atoms with van der Waals surface area (Å²) < 4.78 is 33.3. The lowest BCUT2D eigenvalue weighted by Gasteiger charge is -2.32. The molecule has 0 unspecified atom stereocenters. The number of hydrogen-bond donors (Lipinski definition) is 1. The molecule has 3 atom stereocenters. The predicted molar refractivity (Wildman–Crippen MR) is 94.6 cm³/mol. The van der Waals surface area contributed by atoms with E-state index in [1.807, 2.05) is 19.9 Å². The Morgan fingerprint density at radius 2 is 2.04 bits per heavy atom. The van der Waals surface area contributed by atoms with Gasteiger partial charge in [-0.3, -0.25) is 4.79 Å². The Labute approximate surface area is 149 Å². The molecule has 1 N–H and O–H groups in total. The number of aryl methyl sites for hydroxylation is 1. The van der Waals surface area contributed by atoms with Crippen LogP contribution in [0.15, 0.2) is 29.2 Å². The van der Waals surface area contributed by atoms with Crippen LogP contribution in [0.3, 0.4) is 0 Å². The van der Waals surface area contributed by atoms with E-state index in [-0.39, 0.29) is 30.6 Å². The van der Waals surface area contributed by atoms with Crippen molar-refractivity contribution in [1.29, 1.82) is 0 Å². The summed E-state index contributed by atoms with van der Waals surface area (Å²) in [6, 6.07) is 6.99. The number of amides is 1. The second kappa shape index (κ2) is 7.05. The van der Waals surface area contributed by atoms with Gasteiger partial charge in [-0.1, -0.05) is 32.0 Å². The largest absolute Gasteiger partial charge is 0.371 e. The highest BCUT2D eigenvalue weighted by atomic mass is 32.2. The quantitative estimate of drug-likeness (QED) is 0.858. The maximum absolute atomic E-state index is 13.0. The molecular formula is C18H26N2O4S. The molecule has 2 heterocycles. The zero-order valence-electron chi connectivity index (χ0n) is 14.9. The van der Waals surface area contributed by atoms with E-state index < -0.39 is 10.0 Å². The molecule has 138 valence electrons. The van der Waals surface area contributed by atoms with Gasteiger partial charge in [0.25, 0.3) is 0 Å². The molecule has 25 heavy (non-hydrogen) atoms. The molecule has 2 aliphatic heterocycles. The summed E-state index contributed by atoms with van der Waals surface area (Å²) in [5, 5.41) is 2.94. The summed E-state index contributed by atoms with van der Waals surface area (Å²) >= 11 is 0. The third-order valence-corrected chi connectivity index (χ3v) is 6.85. The number of nitrogens with zero attached hydrogens (tertiary/aromatic N) is 1. The van der Waals surface area contributed by atoms with Crippen LogP contribution in [-0.4, -0.2) is 50.5 Å². The molecule has 6 nitrogen and oxygen atoms in total. The number of fused-ring (bicyclic) bond motifs is 2. The second-order valence-corrected chi connectivity index (χ2v) is 9.27. The Morgan fingerprint density at radius 3 is 2.72 bits per heavy atom. The number of benzene rings is 1. The summed E-state index contributed by atoms with van der Waals surface area (Å²) in [6.45, 7) is 7.04. The van der Waals surface area contributed by atoms with Crippen LogP contribution in [0.25, 0.3) is 0 Å². The molecule has 7 heteroatoms. The molecule has 2 aliphatic rings. The Hall–Kier alpha value is -1.44. The monoisotopic (exact) mass is 366 g/mol. The predicted octanol–water partition coefficient (Wildman–Crippen LogP) is 1.55. The van der Waals surface area contributed by atoms with E-state index in [0.717, 1.165) is 5.56 Å². The summed E-state index contributed by atoms with van der Waals surface area (Å²) in [5.74, 6) is 0.0701. The molecule has 1 aromatic carbocycles. The number of nitrogens with one attached hydrogen (secondary N) is 1. The fourth-order valence-electron chi connectivity index (χ4n) is 3.52. The van der Waals surface area contributed by atoms with E-state index in [1.54, 1.807) is 25.1 Å². The maximum Gasteiger partial charge on any atom is 0.243 e. The standard InChI is InChI=1S/C18H26N2O4S/c1-12(2)9-19-18(21)15-8-14-10-20(11-16(15)24-14)25(22,23)17-7-5-4-6-13(17)3/h4-7,12,14-16H,8-11H2,1-3H3,(H,19,21)/t14-,15+,16-/m1/s1. The fraction of sp³-hybridized carbons (Fsp3) is 0.611. The summed E-state index contributed by atoms with van der Waals surface area (Å²) in [5.41, 5.74) is 0.729. The van der Waals surface area contributed by atoms with Gasteiger partial charge in [0.1, 0.15) is 0 Å². The highest BCUT2D eigenvalue weighted by Gasteiger charge is 2.47. The average molecular weight is 366 g/mol. The number of hydrogen-bond acceptors (Lipinski definition) is 4. The number of ether oxygens (including phenoxy) is 1. The zero-order chi connectivity index (χ0) is 18.2. The van der Waals surface area contributed by atoms with Gasteiger partial charge in [-0.2, -0.15) is 4.31 Å². The lowest BCUT2D eigenvalue weighted by atomic mass is 9.99. The molecule has 2 bridgehead atoms. The van der Waals surface area contributed by atoms with E-state index in [9.17, 15) is 13.2 Å². The molecule has 1 aromatic rings. The van der Waals surface area contributed by atoms with Crippen molar-refractivity contribution in [2.45, 2.75) is 44.3 Å². The molecule has 0 aliphatic carbocycles.